The second-order valence-corrected chi connectivity index (χ2v) is 6.59. The number of rotatable bonds is 7. The molecule has 0 aliphatic heterocycles. The molecule has 1 amide bonds. The summed E-state index contributed by atoms with van der Waals surface area (Å²) in [5.74, 6) is -2.50. The number of halogens is 1. The molecule has 0 unspecified atom stereocenters. The Kier molecular flexibility index (Phi) is 6.77. The molecule has 158 valence electrons. The van der Waals surface area contributed by atoms with Gasteiger partial charge in [0, 0.05) is 18.3 Å². The van der Waals surface area contributed by atoms with Crippen molar-refractivity contribution < 1.29 is 28.2 Å². The molecule has 0 saturated carbocycles. The van der Waals surface area contributed by atoms with Gasteiger partial charge in [-0.3, -0.25) is 9.59 Å². The zero-order valence-corrected chi connectivity index (χ0v) is 17.0. The predicted molar refractivity (Wildman–Crippen MR) is 113 cm³/mol. The van der Waals surface area contributed by atoms with Crippen LogP contribution >= 0.6 is 0 Å². The van der Waals surface area contributed by atoms with Gasteiger partial charge in [-0.15, -0.1) is 0 Å². The van der Waals surface area contributed by atoms with E-state index in [1.54, 1.807) is 43.4 Å². The molecule has 0 atom stereocenters. The molecule has 31 heavy (non-hydrogen) atoms. The highest BCUT2D eigenvalue weighted by molar-refractivity contribution is 6.12. The molecule has 0 spiro atoms. The highest BCUT2D eigenvalue weighted by atomic mass is 19.1. The number of ether oxygens (including phenoxy) is 2. The standard InChI is InChI=1S/C24H20FNO5/c1-26(17-8-4-3-5-9-17)23(28)18-10-6-7-11-19(18)24(29)31-15-21(27)16-12-13-22(30-2)20(25)14-16/h3-14H,15H2,1-2H3. The van der Waals surface area contributed by atoms with Crippen LogP contribution in [0.1, 0.15) is 31.1 Å². The number of nitrogens with zero attached hydrogens (tertiary/aromatic N) is 1. The number of ketones is 1. The Bertz CT molecular complexity index is 1110. The van der Waals surface area contributed by atoms with Crippen LogP contribution in [0.15, 0.2) is 72.8 Å². The fourth-order valence-electron chi connectivity index (χ4n) is 2.93. The maximum Gasteiger partial charge on any atom is 0.339 e. The molecule has 3 rings (SSSR count). The van der Waals surface area contributed by atoms with Crippen molar-refractivity contribution in [3.05, 3.63) is 95.3 Å². The molecule has 0 heterocycles. The van der Waals surface area contributed by atoms with Crippen molar-refractivity contribution in [2.45, 2.75) is 0 Å². The summed E-state index contributed by atoms with van der Waals surface area (Å²) >= 11 is 0. The van der Waals surface area contributed by atoms with E-state index in [1.165, 1.54) is 36.3 Å². The number of benzene rings is 3. The molecule has 3 aromatic carbocycles. The topological polar surface area (TPSA) is 72.9 Å². The lowest BCUT2D eigenvalue weighted by atomic mass is 10.1. The second kappa shape index (κ2) is 9.67. The van der Waals surface area contributed by atoms with E-state index in [0.29, 0.717) is 5.69 Å². The molecule has 0 aliphatic rings. The maximum absolute atomic E-state index is 13.8. The van der Waals surface area contributed by atoms with Crippen LogP contribution in [0.2, 0.25) is 0 Å². The smallest absolute Gasteiger partial charge is 0.339 e. The van der Waals surface area contributed by atoms with Crippen molar-refractivity contribution in [2.24, 2.45) is 0 Å². The number of Topliss-reactive ketones (excluding diaryl/α,β-unsaturated/α-hetero) is 1. The van der Waals surface area contributed by atoms with Crippen molar-refractivity contribution >= 4 is 23.3 Å². The molecule has 0 aliphatic carbocycles. The van der Waals surface area contributed by atoms with Gasteiger partial charge in [-0.05, 0) is 42.5 Å². The normalized spacial score (nSPS) is 10.3. The van der Waals surface area contributed by atoms with Gasteiger partial charge >= 0.3 is 5.97 Å². The van der Waals surface area contributed by atoms with Gasteiger partial charge in [-0.2, -0.15) is 0 Å². The molecular formula is C24H20FNO5. The van der Waals surface area contributed by atoms with Gasteiger partial charge in [-0.1, -0.05) is 30.3 Å². The SMILES string of the molecule is COc1ccc(C(=O)COC(=O)c2ccccc2C(=O)N(C)c2ccccc2)cc1F. The zero-order chi connectivity index (χ0) is 22.4. The predicted octanol–water partition coefficient (Wildman–Crippen LogP) is 4.15. The third-order valence-corrected chi connectivity index (χ3v) is 4.63. The molecule has 0 bridgehead atoms. The number of carbonyl (C=O) groups excluding carboxylic acids is 3. The molecule has 0 radical (unpaired) electrons. The Morgan fingerprint density at radius 3 is 2.19 bits per heavy atom. The molecule has 6 nitrogen and oxygen atoms in total. The lowest BCUT2D eigenvalue weighted by Crippen LogP contribution is -2.28. The summed E-state index contributed by atoms with van der Waals surface area (Å²) in [4.78, 5) is 39.2. The third-order valence-electron chi connectivity index (χ3n) is 4.63. The van der Waals surface area contributed by atoms with Crippen molar-refractivity contribution in [1.82, 2.24) is 0 Å². The summed E-state index contributed by atoms with van der Waals surface area (Å²) < 4.78 is 23.7. The first-order valence-electron chi connectivity index (χ1n) is 9.38. The molecule has 0 N–H and O–H groups in total. The fraction of sp³-hybridized carbons (Fsp3) is 0.125. The number of carbonyl (C=O) groups is 3. The van der Waals surface area contributed by atoms with Crippen molar-refractivity contribution in [3.8, 4) is 5.75 Å². The van der Waals surface area contributed by atoms with E-state index in [2.05, 4.69) is 0 Å². The average Bonchev–Trinajstić information content (AvgIpc) is 2.81. The minimum absolute atomic E-state index is 0.00326. The number of para-hydroxylation sites is 1. The number of methoxy groups -OCH3 is 1. The summed E-state index contributed by atoms with van der Waals surface area (Å²) in [7, 11) is 2.91. The van der Waals surface area contributed by atoms with Gasteiger partial charge in [0.2, 0.25) is 0 Å². The first-order valence-corrected chi connectivity index (χ1v) is 9.38. The average molecular weight is 421 g/mol. The van der Waals surface area contributed by atoms with Crippen LogP contribution in [0.4, 0.5) is 10.1 Å². The number of hydrogen-bond acceptors (Lipinski definition) is 5. The molecule has 0 aromatic heterocycles. The summed E-state index contributed by atoms with van der Waals surface area (Å²) in [6.07, 6.45) is 0. The number of anilines is 1. The van der Waals surface area contributed by atoms with Crippen LogP contribution in [0.5, 0.6) is 5.75 Å². The highest BCUT2D eigenvalue weighted by Gasteiger charge is 2.22. The Balaban J connectivity index is 1.73. The van der Waals surface area contributed by atoms with Crippen LogP contribution in [-0.4, -0.2) is 38.4 Å². The highest BCUT2D eigenvalue weighted by Crippen LogP contribution is 2.20. The monoisotopic (exact) mass is 421 g/mol. The van der Waals surface area contributed by atoms with E-state index in [0.717, 1.165) is 6.07 Å². The van der Waals surface area contributed by atoms with Gasteiger partial charge in [-0.25, -0.2) is 9.18 Å². The van der Waals surface area contributed by atoms with E-state index >= 15 is 0 Å². The maximum atomic E-state index is 13.8. The van der Waals surface area contributed by atoms with E-state index in [1.807, 2.05) is 6.07 Å². The van der Waals surface area contributed by atoms with E-state index < -0.39 is 30.1 Å². The summed E-state index contributed by atoms with van der Waals surface area (Å²) in [6.45, 7) is -0.596. The molecule has 0 saturated heterocycles. The molecule has 3 aromatic rings. The molecule has 7 heteroatoms. The number of hydrogen-bond donors (Lipinski definition) is 0. The number of esters is 1. The summed E-state index contributed by atoms with van der Waals surface area (Å²) in [6, 6.07) is 18.9. The van der Waals surface area contributed by atoms with Crippen LogP contribution in [-0.2, 0) is 4.74 Å². The van der Waals surface area contributed by atoms with Gasteiger partial charge < -0.3 is 14.4 Å². The minimum Gasteiger partial charge on any atom is -0.494 e. The van der Waals surface area contributed by atoms with Crippen molar-refractivity contribution in [3.63, 3.8) is 0 Å². The van der Waals surface area contributed by atoms with E-state index in [-0.39, 0.29) is 22.4 Å². The largest absolute Gasteiger partial charge is 0.494 e. The van der Waals surface area contributed by atoms with Crippen LogP contribution in [0.3, 0.4) is 0 Å². The van der Waals surface area contributed by atoms with Crippen LogP contribution in [0.25, 0.3) is 0 Å². The van der Waals surface area contributed by atoms with Gasteiger partial charge in [0.05, 0.1) is 18.2 Å². The molecular weight excluding hydrogens is 401 g/mol. The summed E-state index contributed by atoms with van der Waals surface area (Å²) in [5, 5.41) is 0. The first kappa shape index (κ1) is 21.7. The lowest BCUT2D eigenvalue weighted by Gasteiger charge is -2.18. The quantitative estimate of drug-likeness (QED) is 0.423. The first-order chi connectivity index (χ1) is 14.9. The van der Waals surface area contributed by atoms with E-state index in [9.17, 15) is 18.8 Å². The van der Waals surface area contributed by atoms with Crippen LogP contribution < -0.4 is 9.64 Å². The zero-order valence-electron chi connectivity index (χ0n) is 17.0. The van der Waals surface area contributed by atoms with Gasteiger partial charge in [0.15, 0.2) is 24.0 Å². The second-order valence-electron chi connectivity index (χ2n) is 6.59. The van der Waals surface area contributed by atoms with Crippen LogP contribution in [0, 0.1) is 5.82 Å². The lowest BCUT2D eigenvalue weighted by molar-refractivity contribution is 0.0472. The Morgan fingerprint density at radius 1 is 0.903 bits per heavy atom. The Labute approximate surface area is 178 Å². The van der Waals surface area contributed by atoms with Gasteiger partial charge in [0.25, 0.3) is 5.91 Å². The van der Waals surface area contributed by atoms with E-state index in [4.69, 9.17) is 9.47 Å². The minimum atomic E-state index is -0.826. The molecule has 0 fully saturated rings. The fourth-order valence-corrected chi connectivity index (χ4v) is 2.93. The summed E-state index contributed by atoms with van der Waals surface area (Å²) in [5.41, 5.74) is 0.873. The number of amides is 1. The third kappa shape index (κ3) is 4.95. The van der Waals surface area contributed by atoms with Crippen molar-refractivity contribution in [1.29, 1.82) is 0 Å². The van der Waals surface area contributed by atoms with Gasteiger partial charge in [0.1, 0.15) is 0 Å². The van der Waals surface area contributed by atoms with Crippen molar-refractivity contribution in [2.75, 3.05) is 25.7 Å². The Morgan fingerprint density at radius 2 is 1.55 bits per heavy atom. The Hall–Kier alpha value is -4.00.